The summed E-state index contributed by atoms with van der Waals surface area (Å²) < 4.78 is 22.3. The summed E-state index contributed by atoms with van der Waals surface area (Å²) in [6.07, 6.45) is 8.59. The van der Waals surface area contributed by atoms with Gasteiger partial charge < -0.3 is 29.6 Å². The molecule has 1 aliphatic rings. The van der Waals surface area contributed by atoms with Gasteiger partial charge in [-0.05, 0) is 25.7 Å². The first kappa shape index (κ1) is 26.6. The molecule has 1 aromatic rings. The van der Waals surface area contributed by atoms with E-state index in [2.05, 4.69) is 15.6 Å². The molecule has 0 radical (unpaired) electrons. The monoisotopic (exact) mass is 535 g/mol. The fraction of sp³-hybridized carbons (Fsp3) is 0.682. The molecule has 0 saturated heterocycles. The minimum atomic E-state index is 0. The topological polar surface area (TPSA) is 73.3 Å². The molecule has 0 amide bonds. The van der Waals surface area contributed by atoms with Gasteiger partial charge in [-0.15, -0.1) is 24.0 Å². The lowest BCUT2D eigenvalue weighted by molar-refractivity contribution is 0.0277. The van der Waals surface area contributed by atoms with E-state index < -0.39 is 0 Å². The number of methoxy groups -OCH3 is 3. The molecule has 1 aliphatic carbocycles. The Morgan fingerprint density at radius 3 is 2.17 bits per heavy atom. The van der Waals surface area contributed by atoms with Gasteiger partial charge in [0.25, 0.3) is 0 Å². The molecule has 1 fully saturated rings. The van der Waals surface area contributed by atoms with Crippen LogP contribution in [0, 0.1) is 0 Å². The molecule has 8 heteroatoms. The molecule has 0 aliphatic heterocycles. The Labute approximate surface area is 198 Å². The van der Waals surface area contributed by atoms with E-state index in [0.717, 1.165) is 49.0 Å². The lowest BCUT2D eigenvalue weighted by Crippen LogP contribution is -2.39. The maximum atomic E-state index is 5.97. The van der Waals surface area contributed by atoms with Gasteiger partial charge in [0.05, 0.1) is 27.4 Å². The van der Waals surface area contributed by atoms with Crippen LogP contribution in [0.3, 0.4) is 0 Å². The number of rotatable bonds is 11. The predicted octanol–water partition coefficient (Wildman–Crippen LogP) is 3.78. The molecule has 0 bridgehead atoms. The Morgan fingerprint density at radius 2 is 1.60 bits per heavy atom. The summed E-state index contributed by atoms with van der Waals surface area (Å²) in [5.74, 6) is 3.01. The summed E-state index contributed by atoms with van der Waals surface area (Å²) in [6, 6.07) is 3.74. The molecule has 7 nitrogen and oxygen atoms in total. The van der Waals surface area contributed by atoms with Crippen LogP contribution < -0.4 is 24.8 Å². The van der Waals surface area contributed by atoms with Crippen LogP contribution in [-0.4, -0.2) is 60.1 Å². The van der Waals surface area contributed by atoms with Crippen LogP contribution in [0.5, 0.6) is 17.2 Å². The minimum absolute atomic E-state index is 0. The van der Waals surface area contributed by atoms with Crippen molar-refractivity contribution in [2.45, 2.75) is 51.0 Å². The summed E-state index contributed by atoms with van der Waals surface area (Å²) in [5, 5.41) is 6.69. The van der Waals surface area contributed by atoms with Crippen LogP contribution in [-0.2, 0) is 11.2 Å². The zero-order valence-electron chi connectivity index (χ0n) is 18.8. The van der Waals surface area contributed by atoms with E-state index >= 15 is 0 Å². The highest BCUT2D eigenvalue weighted by atomic mass is 127. The number of hydrogen-bond donors (Lipinski definition) is 2. The largest absolute Gasteiger partial charge is 0.496 e. The van der Waals surface area contributed by atoms with Gasteiger partial charge in [-0.1, -0.05) is 19.3 Å². The fourth-order valence-electron chi connectivity index (χ4n) is 3.61. The van der Waals surface area contributed by atoms with Crippen LogP contribution in [0.1, 0.15) is 44.1 Å². The normalized spacial score (nSPS) is 14.6. The van der Waals surface area contributed by atoms with Crippen molar-refractivity contribution in [3.05, 3.63) is 17.7 Å². The third-order valence-corrected chi connectivity index (χ3v) is 5.23. The van der Waals surface area contributed by atoms with Crippen molar-refractivity contribution in [3.63, 3.8) is 0 Å². The Balaban J connectivity index is 0.00000450. The number of ether oxygens (including phenoxy) is 4. The third kappa shape index (κ3) is 8.75. The molecular weight excluding hydrogens is 497 g/mol. The van der Waals surface area contributed by atoms with Gasteiger partial charge in [0.2, 0.25) is 0 Å². The van der Waals surface area contributed by atoms with Crippen molar-refractivity contribution in [1.29, 1.82) is 0 Å². The summed E-state index contributed by atoms with van der Waals surface area (Å²) in [4.78, 5) is 4.29. The quantitative estimate of drug-likeness (QED) is 0.195. The Morgan fingerprint density at radius 1 is 0.967 bits per heavy atom. The molecule has 30 heavy (non-hydrogen) atoms. The summed E-state index contributed by atoms with van der Waals surface area (Å²) in [7, 11) is 6.72. The standard InChI is InChI=1S/C22H37N3O4.HI/c1-23-22(24-12-8-14-29-17-9-6-5-7-10-17)25-13-11-19-20(27-3)15-18(26-2)16-21(19)28-4;/h15-17H,5-14H2,1-4H3,(H2,23,24,25);1H. The Kier molecular flexibility index (Phi) is 13.7. The highest BCUT2D eigenvalue weighted by Crippen LogP contribution is 2.34. The van der Waals surface area contributed by atoms with E-state index in [9.17, 15) is 0 Å². The van der Waals surface area contributed by atoms with Crippen molar-refractivity contribution in [2.75, 3.05) is 48.1 Å². The van der Waals surface area contributed by atoms with Crippen molar-refractivity contribution in [2.24, 2.45) is 4.99 Å². The van der Waals surface area contributed by atoms with E-state index in [0.29, 0.717) is 18.4 Å². The zero-order valence-corrected chi connectivity index (χ0v) is 21.1. The molecule has 1 saturated carbocycles. The maximum absolute atomic E-state index is 5.97. The first-order valence-corrected chi connectivity index (χ1v) is 10.6. The Bertz CT molecular complexity index is 612. The highest BCUT2D eigenvalue weighted by Gasteiger charge is 2.14. The van der Waals surface area contributed by atoms with Gasteiger partial charge in [-0.3, -0.25) is 4.99 Å². The van der Waals surface area contributed by atoms with Gasteiger partial charge in [-0.25, -0.2) is 0 Å². The molecular formula is C22H38IN3O4. The van der Waals surface area contributed by atoms with Crippen LogP contribution in [0.2, 0.25) is 0 Å². The van der Waals surface area contributed by atoms with Crippen LogP contribution in [0.25, 0.3) is 0 Å². The van der Waals surface area contributed by atoms with E-state index in [1.54, 1.807) is 28.4 Å². The number of halogens is 1. The van der Waals surface area contributed by atoms with E-state index in [1.807, 2.05) is 12.1 Å². The lowest BCUT2D eigenvalue weighted by Gasteiger charge is -2.22. The number of hydrogen-bond acceptors (Lipinski definition) is 5. The lowest BCUT2D eigenvalue weighted by atomic mass is 9.98. The number of nitrogens with one attached hydrogen (secondary N) is 2. The van der Waals surface area contributed by atoms with Crippen molar-refractivity contribution < 1.29 is 18.9 Å². The average Bonchev–Trinajstić information content (AvgIpc) is 2.77. The van der Waals surface area contributed by atoms with Gasteiger partial charge in [0, 0.05) is 44.4 Å². The van der Waals surface area contributed by atoms with Crippen molar-refractivity contribution >= 4 is 29.9 Å². The number of nitrogens with zero attached hydrogens (tertiary/aromatic N) is 1. The molecule has 0 unspecified atom stereocenters. The predicted molar refractivity (Wildman–Crippen MR) is 132 cm³/mol. The van der Waals surface area contributed by atoms with Crippen molar-refractivity contribution in [3.8, 4) is 17.2 Å². The molecule has 0 heterocycles. The molecule has 0 atom stereocenters. The molecule has 2 N–H and O–H groups in total. The fourth-order valence-corrected chi connectivity index (χ4v) is 3.61. The first-order valence-electron chi connectivity index (χ1n) is 10.6. The molecule has 0 aromatic heterocycles. The second-order valence-electron chi connectivity index (χ2n) is 7.17. The summed E-state index contributed by atoms with van der Waals surface area (Å²) in [5.41, 5.74) is 1.000. The summed E-state index contributed by atoms with van der Waals surface area (Å²) >= 11 is 0. The van der Waals surface area contributed by atoms with Crippen LogP contribution in [0.15, 0.2) is 17.1 Å². The molecule has 172 valence electrons. The summed E-state index contributed by atoms with van der Waals surface area (Å²) in [6.45, 7) is 2.34. The molecule has 0 spiro atoms. The zero-order chi connectivity index (χ0) is 20.9. The van der Waals surface area contributed by atoms with E-state index in [1.165, 1.54) is 32.1 Å². The van der Waals surface area contributed by atoms with Gasteiger partial charge in [0.1, 0.15) is 17.2 Å². The van der Waals surface area contributed by atoms with Crippen LogP contribution in [0.4, 0.5) is 0 Å². The maximum Gasteiger partial charge on any atom is 0.190 e. The Hall–Kier alpha value is -1.42. The van der Waals surface area contributed by atoms with Crippen molar-refractivity contribution in [1.82, 2.24) is 10.6 Å². The average molecular weight is 535 g/mol. The third-order valence-electron chi connectivity index (χ3n) is 5.23. The molecule has 1 aromatic carbocycles. The number of guanidine groups is 1. The van der Waals surface area contributed by atoms with Gasteiger partial charge in [-0.2, -0.15) is 0 Å². The highest BCUT2D eigenvalue weighted by molar-refractivity contribution is 14.0. The second-order valence-corrected chi connectivity index (χ2v) is 7.17. The number of aliphatic imine (C=N–C) groups is 1. The first-order chi connectivity index (χ1) is 14.2. The smallest absolute Gasteiger partial charge is 0.190 e. The number of benzene rings is 1. The van der Waals surface area contributed by atoms with E-state index in [4.69, 9.17) is 18.9 Å². The van der Waals surface area contributed by atoms with Crippen LogP contribution >= 0.6 is 24.0 Å². The SMILES string of the molecule is CN=C(NCCCOC1CCCCC1)NCCc1c(OC)cc(OC)cc1OC.I. The van der Waals surface area contributed by atoms with Gasteiger partial charge >= 0.3 is 0 Å². The van der Waals surface area contributed by atoms with E-state index in [-0.39, 0.29) is 24.0 Å². The van der Waals surface area contributed by atoms with Gasteiger partial charge in [0.15, 0.2) is 5.96 Å². The minimum Gasteiger partial charge on any atom is -0.496 e. The second kappa shape index (κ2) is 15.4. The molecule has 2 rings (SSSR count).